The van der Waals surface area contributed by atoms with Gasteiger partial charge < -0.3 is 24.6 Å². The van der Waals surface area contributed by atoms with Crippen molar-refractivity contribution in [2.75, 3.05) is 50.6 Å². The molecule has 0 unspecified atom stereocenters. The first-order valence-corrected chi connectivity index (χ1v) is 9.78. The van der Waals surface area contributed by atoms with Crippen LogP contribution in [0.3, 0.4) is 0 Å². The Morgan fingerprint density at radius 3 is 2.45 bits per heavy atom. The van der Waals surface area contributed by atoms with Crippen LogP contribution in [0.4, 0.5) is 11.4 Å². The normalized spacial score (nSPS) is 16.1. The molecule has 0 bridgehead atoms. The Labute approximate surface area is 170 Å². The molecular formula is C22H25N3O4. The molecule has 1 N–H and O–H groups in total. The van der Waals surface area contributed by atoms with Crippen LogP contribution in [0, 0.1) is 0 Å². The van der Waals surface area contributed by atoms with E-state index in [1.807, 2.05) is 17.0 Å². The number of hydrogen-bond donors (Lipinski definition) is 1. The molecule has 2 aliphatic heterocycles. The monoisotopic (exact) mass is 395 g/mol. The lowest BCUT2D eigenvalue weighted by Crippen LogP contribution is -2.49. The summed E-state index contributed by atoms with van der Waals surface area (Å²) < 4.78 is 10.6. The topological polar surface area (TPSA) is 71.1 Å². The number of methoxy groups -OCH3 is 2. The van der Waals surface area contributed by atoms with Crippen molar-refractivity contribution in [3.8, 4) is 11.5 Å². The molecule has 2 aromatic rings. The molecule has 0 saturated carbocycles. The van der Waals surface area contributed by atoms with Gasteiger partial charge in [-0.2, -0.15) is 0 Å². The molecule has 7 heteroatoms. The summed E-state index contributed by atoms with van der Waals surface area (Å²) in [5, 5.41) is 2.96. The van der Waals surface area contributed by atoms with Gasteiger partial charge in [-0.15, -0.1) is 0 Å². The largest absolute Gasteiger partial charge is 0.493 e. The molecule has 152 valence electrons. The minimum Gasteiger partial charge on any atom is -0.493 e. The SMILES string of the molecule is COc1ccc(C(=O)N2CCN(c3cccc4c3CCC(=O)N4)CC2)cc1OC. The third kappa shape index (κ3) is 3.72. The van der Waals surface area contributed by atoms with Crippen molar-refractivity contribution < 1.29 is 19.1 Å². The smallest absolute Gasteiger partial charge is 0.254 e. The van der Waals surface area contributed by atoms with Crippen LogP contribution in [0.1, 0.15) is 22.3 Å². The minimum atomic E-state index is -0.00652. The Balaban J connectivity index is 1.46. The molecule has 2 aliphatic rings. The highest BCUT2D eigenvalue weighted by molar-refractivity contribution is 5.96. The number of carbonyl (C=O) groups is 2. The fourth-order valence-corrected chi connectivity index (χ4v) is 4.00. The molecule has 2 amide bonds. The summed E-state index contributed by atoms with van der Waals surface area (Å²) in [6.45, 7) is 2.79. The van der Waals surface area contributed by atoms with Crippen LogP contribution in [-0.4, -0.2) is 57.1 Å². The van der Waals surface area contributed by atoms with Crippen molar-refractivity contribution >= 4 is 23.2 Å². The van der Waals surface area contributed by atoms with Gasteiger partial charge in [-0.25, -0.2) is 0 Å². The van der Waals surface area contributed by atoms with E-state index in [0.717, 1.165) is 30.9 Å². The molecule has 0 aromatic heterocycles. The van der Waals surface area contributed by atoms with Gasteiger partial charge in [0.05, 0.1) is 14.2 Å². The lowest BCUT2D eigenvalue weighted by molar-refractivity contribution is -0.116. The number of ether oxygens (including phenoxy) is 2. The number of piperazine rings is 1. The molecule has 0 atom stereocenters. The number of anilines is 2. The molecule has 2 aromatic carbocycles. The molecule has 0 aliphatic carbocycles. The van der Waals surface area contributed by atoms with Gasteiger partial charge in [0.15, 0.2) is 11.5 Å². The van der Waals surface area contributed by atoms with Crippen LogP contribution in [0.25, 0.3) is 0 Å². The number of nitrogens with one attached hydrogen (secondary N) is 1. The van der Waals surface area contributed by atoms with Crippen LogP contribution in [0.15, 0.2) is 36.4 Å². The van der Waals surface area contributed by atoms with Crippen LogP contribution in [0.2, 0.25) is 0 Å². The van der Waals surface area contributed by atoms with Gasteiger partial charge in [-0.3, -0.25) is 9.59 Å². The van der Waals surface area contributed by atoms with E-state index in [1.54, 1.807) is 32.4 Å². The standard InChI is InChI=1S/C22H25N3O4/c1-28-19-8-6-15(14-20(19)29-2)22(27)25-12-10-24(11-13-25)18-5-3-4-17-16(18)7-9-21(26)23-17/h3-6,8,14H,7,9-13H2,1-2H3,(H,23,26). The third-order valence-electron chi connectivity index (χ3n) is 5.57. The van der Waals surface area contributed by atoms with E-state index in [4.69, 9.17) is 9.47 Å². The van der Waals surface area contributed by atoms with Crippen molar-refractivity contribution in [3.05, 3.63) is 47.5 Å². The zero-order valence-electron chi connectivity index (χ0n) is 16.7. The number of amides is 2. The van der Waals surface area contributed by atoms with Crippen LogP contribution >= 0.6 is 0 Å². The van der Waals surface area contributed by atoms with E-state index in [0.29, 0.717) is 36.6 Å². The zero-order chi connectivity index (χ0) is 20.4. The Morgan fingerprint density at radius 2 is 1.72 bits per heavy atom. The van der Waals surface area contributed by atoms with E-state index in [2.05, 4.69) is 16.3 Å². The maximum absolute atomic E-state index is 12.9. The predicted molar refractivity (Wildman–Crippen MR) is 111 cm³/mol. The number of fused-ring (bicyclic) bond motifs is 1. The summed E-state index contributed by atoms with van der Waals surface area (Å²) >= 11 is 0. The van der Waals surface area contributed by atoms with E-state index in [1.165, 1.54) is 5.56 Å². The third-order valence-corrected chi connectivity index (χ3v) is 5.57. The van der Waals surface area contributed by atoms with Crippen LogP contribution in [0.5, 0.6) is 11.5 Å². The quantitative estimate of drug-likeness (QED) is 0.862. The molecule has 1 saturated heterocycles. The summed E-state index contributed by atoms with van der Waals surface area (Å²) in [5.74, 6) is 1.22. The van der Waals surface area contributed by atoms with Gasteiger partial charge in [0.1, 0.15) is 0 Å². The van der Waals surface area contributed by atoms with Crippen molar-refractivity contribution in [1.82, 2.24) is 4.90 Å². The Bertz CT molecular complexity index is 936. The number of hydrogen-bond acceptors (Lipinski definition) is 5. The second-order valence-electron chi connectivity index (χ2n) is 7.20. The summed E-state index contributed by atoms with van der Waals surface area (Å²) in [4.78, 5) is 28.8. The molecular weight excluding hydrogens is 370 g/mol. The maximum Gasteiger partial charge on any atom is 0.254 e. The molecule has 4 rings (SSSR count). The lowest BCUT2D eigenvalue weighted by atomic mass is 10.00. The highest BCUT2D eigenvalue weighted by Gasteiger charge is 2.26. The predicted octanol–water partition coefficient (Wildman–Crippen LogP) is 2.55. The fourth-order valence-electron chi connectivity index (χ4n) is 4.00. The Morgan fingerprint density at radius 1 is 0.966 bits per heavy atom. The minimum absolute atomic E-state index is 0.00652. The number of benzene rings is 2. The average molecular weight is 395 g/mol. The van der Waals surface area contributed by atoms with Gasteiger partial charge in [0, 0.05) is 49.5 Å². The second kappa shape index (κ2) is 8.03. The number of rotatable bonds is 4. The molecule has 29 heavy (non-hydrogen) atoms. The van der Waals surface area contributed by atoms with Crippen LogP contribution in [-0.2, 0) is 11.2 Å². The van der Waals surface area contributed by atoms with Crippen LogP contribution < -0.4 is 19.7 Å². The first-order chi connectivity index (χ1) is 14.1. The van der Waals surface area contributed by atoms with E-state index < -0.39 is 0 Å². The van der Waals surface area contributed by atoms with Gasteiger partial charge >= 0.3 is 0 Å². The van der Waals surface area contributed by atoms with E-state index in [9.17, 15) is 9.59 Å². The van der Waals surface area contributed by atoms with E-state index >= 15 is 0 Å². The lowest BCUT2D eigenvalue weighted by Gasteiger charge is -2.38. The maximum atomic E-state index is 12.9. The summed E-state index contributed by atoms with van der Waals surface area (Å²) in [6.07, 6.45) is 1.27. The molecule has 0 radical (unpaired) electrons. The van der Waals surface area contributed by atoms with Gasteiger partial charge in [0.2, 0.25) is 5.91 Å². The second-order valence-corrected chi connectivity index (χ2v) is 7.20. The van der Waals surface area contributed by atoms with Gasteiger partial charge in [-0.1, -0.05) is 6.07 Å². The molecule has 2 heterocycles. The Hall–Kier alpha value is -3.22. The Kier molecular flexibility index (Phi) is 5.29. The molecule has 0 spiro atoms. The first-order valence-electron chi connectivity index (χ1n) is 9.78. The number of carbonyl (C=O) groups excluding carboxylic acids is 2. The van der Waals surface area contributed by atoms with Crippen molar-refractivity contribution in [1.29, 1.82) is 0 Å². The summed E-state index contributed by atoms with van der Waals surface area (Å²) in [6, 6.07) is 11.3. The molecule has 7 nitrogen and oxygen atoms in total. The summed E-state index contributed by atoms with van der Waals surface area (Å²) in [7, 11) is 3.14. The van der Waals surface area contributed by atoms with Crippen molar-refractivity contribution in [2.24, 2.45) is 0 Å². The van der Waals surface area contributed by atoms with Crippen molar-refractivity contribution in [3.63, 3.8) is 0 Å². The first kappa shape index (κ1) is 19.1. The van der Waals surface area contributed by atoms with E-state index in [-0.39, 0.29) is 11.8 Å². The highest BCUT2D eigenvalue weighted by atomic mass is 16.5. The van der Waals surface area contributed by atoms with Crippen molar-refractivity contribution in [2.45, 2.75) is 12.8 Å². The fraction of sp³-hybridized carbons (Fsp3) is 0.364. The number of nitrogens with zero attached hydrogens (tertiary/aromatic N) is 2. The van der Waals surface area contributed by atoms with Gasteiger partial charge in [0.25, 0.3) is 5.91 Å². The molecule has 1 fully saturated rings. The summed E-state index contributed by atoms with van der Waals surface area (Å²) in [5.41, 5.74) is 3.84. The highest BCUT2D eigenvalue weighted by Crippen LogP contribution is 2.33. The average Bonchev–Trinajstić information content (AvgIpc) is 2.77. The van der Waals surface area contributed by atoms with Gasteiger partial charge in [-0.05, 0) is 42.3 Å². The zero-order valence-corrected chi connectivity index (χ0v) is 16.7.